The van der Waals surface area contributed by atoms with Gasteiger partial charge in [0, 0.05) is 5.69 Å². The van der Waals surface area contributed by atoms with Crippen molar-refractivity contribution in [1.29, 1.82) is 0 Å². The number of anilines is 1. The number of ether oxygens (including phenoxy) is 1. The van der Waals surface area contributed by atoms with Crippen LogP contribution in [-0.2, 0) is 19.6 Å². The molecule has 2 aromatic rings. The van der Waals surface area contributed by atoms with E-state index in [4.69, 9.17) is 4.74 Å². The first kappa shape index (κ1) is 22.6. The normalized spacial score (nSPS) is 13.4. The molecule has 0 aliphatic carbocycles. The van der Waals surface area contributed by atoms with Crippen LogP contribution in [0.25, 0.3) is 0 Å². The monoisotopic (exact) mass is 418 g/mol. The summed E-state index contributed by atoms with van der Waals surface area (Å²) in [4.78, 5) is 24.8. The Morgan fingerprint density at radius 3 is 2.41 bits per heavy atom. The molecule has 2 N–H and O–H groups in total. The molecule has 29 heavy (non-hydrogen) atoms. The van der Waals surface area contributed by atoms with Gasteiger partial charge in [-0.1, -0.05) is 38.1 Å². The van der Waals surface area contributed by atoms with Gasteiger partial charge in [0.05, 0.1) is 10.5 Å². The number of hydrogen-bond donors (Lipinski definition) is 2. The van der Waals surface area contributed by atoms with Gasteiger partial charge in [0.15, 0.2) is 6.10 Å². The van der Waals surface area contributed by atoms with Gasteiger partial charge < -0.3 is 10.1 Å². The van der Waals surface area contributed by atoms with E-state index in [2.05, 4.69) is 23.9 Å². The molecule has 0 spiro atoms. The molecule has 156 valence electrons. The molecule has 8 heteroatoms. The summed E-state index contributed by atoms with van der Waals surface area (Å²) in [5, 5.41) is 2.81. The first-order chi connectivity index (χ1) is 13.7. The van der Waals surface area contributed by atoms with E-state index < -0.39 is 28.0 Å². The molecule has 1 amide bonds. The second-order valence-corrected chi connectivity index (χ2v) is 8.56. The van der Waals surface area contributed by atoms with Gasteiger partial charge >= 0.3 is 5.97 Å². The van der Waals surface area contributed by atoms with Crippen molar-refractivity contribution >= 4 is 27.6 Å². The topological polar surface area (TPSA) is 102 Å². The number of sulfonamides is 1. The Hall–Kier alpha value is -2.71. The number of carbonyl (C=O) groups excluding carboxylic acids is 2. The smallest absolute Gasteiger partial charge is 0.338 e. The minimum absolute atomic E-state index is 0.0426. The highest BCUT2D eigenvalue weighted by Crippen LogP contribution is 2.26. The highest BCUT2D eigenvalue weighted by molar-refractivity contribution is 7.89. The van der Waals surface area contributed by atoms with Gasteiger partial charge in [-0.15, -0.1) is 0 Å². The Balaban J connectivity index is 2.11. The van der Waals surface area contributed by atoms with E-state index in [0.717, 1.165) is 12.0 Å². The summed E-state index contributed by atoms with van der Waals surface area (Å²) < 4.78 is 31.2. The molecular weight excluding hydrogens is 392 g/mol. The number of amides is 1. The molecule has 0 saturated heterocycles. The Bertz CT molecular complexity index is 988. The Morgan fingerprint density at radius 1 is 1.07 bits per heavy atom. The van der Waals surface area contributed by atoms with Crippen molar-refractivity contribution in [2.75, 3.05) is 12.4 Å². The third kappa shape index (κ3) is 5.65. The van der Waals surface area contributed by atoms with Crippen LogP contribution in [0.1, 0.15) is 49.0 Å². The summed E-state index contributed by atoms with van der Waals surface area (Å²) >= 11 is 0. The Labute approximate surface area is 171 Å². The first-order valence-corrected chi connectivity index (χ1v) is 10.8. The molecule has 7 nitrogen and oxygen atoms in total. The summed E-state index contributed by atoms with van der Waals surface area (Å²) in [6.45, 7) is 5.60. The van der Waals surface area contributed by atoms with E-state index in [-0.39, 0.29) is 16.4 Å². The van der Waals surface area contributed by atoms with Crippen molar-refractivity contribution < 1.29 is 22.7 Å². The van der Waals surface area contributed by atoms with Crippen LogP contribution in [0, 0.1) is 0 Å². The maximum absolute atomic E-state index is 12.5. The van der Waals surface area contributed by atoms with Crippen molar-refractivity contribution in [1.82, 2.24) is 4.72 Å². The van der Waals surface area contributed by atoms with Crippen molar-refractivity contribution in [2.24, 2.45) is 0 Å². The molecule has 0 radical (unpaired) electrons. The molecule has 0 fully saturated rings. The lowest BCUT2D eigenvalue weighted by molar-refractivity contribution is -0.123. The van der Waals surface area contributed by atoms with E-state index in [9.17, 15) is 18.0 Å². The average molecular weight is 419 g/mol. The van der Waals surface area contributed by atoms with Crippen LogP contribution >= 0.6 is 0 Å². The molecule has 0 heterocycles. The molecule has 2 aromatic carbocycles. The van der Waals surface area contributed by atoms with Gasteiger partial charge in [-0.05, 0) is 56.1 Å². The van der Waals surface area contributed by atoms with E-state index in [1.54, 1.807) is 6.07 Å². The minimum atomic E-state index is -3.69. The van der Waals surface area contributed by atoms with Crippen LogP contribution in [0.15, 0.2) is 53.4 Å². The van der Waals surface area contributed by atoms with Gasteiger partial charge in [-0.25, -0.2) is 17.9 Å². The lowest BCUT2D eigenvalue weighted by Crippen LogP contribution is -2.30. The summed E-state index contributed by atoms with van der Waals surface area (Å²) in [5.74, 6) is -0.981. The van der Waals surface area contributed by atoms with Gasteiger partial charge in [0.25, 0.3) is 5.91 Å². The number of para-hydroxylation sites is 1. The second kappa shape index (κ2) is 9.67. The zero-order valence-electron chi connectivity index (χ0n) is 16.9. The van der Waals surface area contributed by atoms with Crippen LogP contribution < -0.4 is 10.0 Å². The zero-order valence-corrected chi connectivity index (χ0v) is 17.7. The second-order valence-electron chi connectivity index (χ2n) is 6.67. The van der Waals surface area contributed by atoms with Gasteiger partial charge in [-0.2, -0.15) is 0 Å². The number of benzene rings is 2. The highest BCUT2D eigenvalue weighted by Gasteiger charge is 2.22. The predicted molar refractivity (Wildman–Crippen MR) is 111 cm³/mol. The fraction of sp³-hybridized carbons (Fsp3) is 0.333. The van der Waals surface area contributed by atoms with Crippen molar-refractivity contribution in [3.05, 3.63) is 59.7 Å². The largest absolute Gasteiger partial charge is 0.449 e. The maximum atomic E-state index is 12.5. The Kier molecular flexibility index (Phi) is 7.53. The molecule has 2 rings (SSSR count). The van der Waals surface area contributed by atoms with Gasteiger partial charge in [0.2, 0.25) is 10.0 Å². The molecule has 0 unspecified atom stereocenters. The third-order valence-corrected chi connectivity index (χ3v) is 6.08. The number of carbonyl (C=O) groups is 2. The summed E-state index contributed by atoms with van der Waals surface area (Å²) in [7, 11) is -2.41. The number of hydrogen-bond acceptors (Lipinski definition) is 5. The van der Waals surface area contributed by atoms with E-state index in [1.807, 2.05) is 18.2 Å². The third-order valence-electron chi connectivity index (χ3n) is 4.66. The number of nitrogens with one attached hydrogen (secondary N) is 2. The zero-order chi connectivity index (χ0) is 21.6. The van der Waals surface area contributed by atoms with Crippen LogP contribution in [-0.4, -0.2) is 33.4 Å². The lowest BCUT2D eigenvalue weighted by atomic mass is 9.97. The predicted octanol–water partition coefficient (Wildman–Crippen LogP) is 3.29. The number of rotatable bonds is 8. The summed E-state index contributed by atoms with van der Waals surface area (Å²) in [5.41, 5.74) is 1.73. The van der Waals surface area contributed by atoms with Crippen LogP contribution in [0.5, 0.6) is 0 Å². The van der Waals surface area contributed by atoms with Crippen LogP contribution in [0.3, 0.4) is 0 Å². The van der Waals surface area contributed by atoms with E-state index >= 15 is 0 Å². The molecule has 0 bridgehead atoms. The van der Waals surface area contributed by atoms with E-state index in [0.29, 0.717) is 5.69 Å². The Morgan fingerprint density at radius 2 is 1.76 bits per heavy atom. The van der Waals surface area contributed by atoms with Crippen molar-refractivity contribution in [2.45, 2.75) is 44.1 Å². The average Bonchev–Trinajstić information content (AvgIpc) is 2.73. The van der Waals surface area contributed by atoms with Gasteiger partial charge in [-0.3, -0.25) is 4.79 Å². The standard InChI is InChI=1S/C21H26N2O5S/c1-5-14(2)18-11-6-7-12-19(18)23-20(24)15(3)28-21(25)16-9-8-10-17(13-16)29(26,27)22-4/h6-15,22H,5H2,1-4H3,(H,23,24)/t14-,15+/m0/s1. The fourth-order valence-electron chi connectivity index (χ4n) is 2.69. The van der Waals surface area contributed by atoms with Crippen molar-refractivity contribution in [3.8, 4) is 0 Å². The molecule has 0 aliphatic heterocycles. The van der Waals surface area contributed by atoms with Gasteiger partial charge in [0.1, 0.15) is 0 Å². The quantitative estimate of drug-likeness (QED) is 0.641. The minimum Gasteiger partial charge on any atom is -0.449 e. The summed E-state index contributed by atoms with van der Waals surface area (Å²) in [6.07, 6.45) is -0.138. The first-order valence-electron chi connectivity index (χ1n) is 9.34. The molecule has 0 aromatic heterocycles. The molecule has 0 saturated carbocycles. The molecular formula is C21H26N2O5S. The van der Waals surface area contributed by atoms with Crippen LogP contribution in [0.2, 0.25) is 0 Å². The summed E-state index contributed by atoms with van der Waals surface area (Å²) in [6, 6.07) is 12.9. The molecule has 0 aliphatic rings. The highest BCUT2D eigenvalue weighted by atomic mass is 32.2. The lowest BCUT2D eigenvalue weighted by Gasteiger charge is -2.18. The van der Waals surface area contributed by atoms with E-state index in [1.165, 1.54) is 38.2 Å². The SMILES string of the molecule is CC[C@H](C)c1ccccc1NC(=O)[C@@H](C)OC(=O)c1cccc(S(=O)(=O)NC)c1. The van der Waals surface area contributed by atoms with Crippen molar-refractivity contribution in [3.63, 3.8) is 0 Å². The molecule has 2 atom stereocenters. The fourth-order valence-corrected chi connectivity index (χ4v) is 3.46. The number of esters is 1. The maximum Gasteiger partial charge on any atom is 0.338 e. The van der Waals surface area contributed by atoms with Crippen LogP contribution in [0.4, 0.5) is 5.69 Å².